The Morgan fingerprint density at radius 3 is 2.74 bits per heavy atom. The van der Waals surface area contributed by atoms with Gasteiger partial charge in [0, 0.05) is 44.8 Å². The number of anilines is 3. The lowest BCUT2D eigenvalue weighted by atomic mass is 10.1. The smallest absolute Gasteiger partial charge is 0.226 e. The molecule has 11 heteroatoms. The second kappa shape index (κ2) is 11.5. The minimum Gasteiger partial charge on any atom is -0.367 e. The van der Waals surface area contributed by atoms with E-state index < -0.39 is 0 Å². The van der Waals surface area contributed by atoms with Crippen LogP contribution in [0, 0.1) is 0 Å². The lowest BCUT2D eigenvalue weighted by Crippen LogP contribution is -2.44. The summed E-state index contributed by atoms with van der Waals surface area (Å²) in [5, 5.41) is 22.3. The fraction of sp³-hybridized carbons (Fsp3) is 0.700. The van der Waals surface area contributed by atoms with Crippen LogP contribution in [0.15, 0.2) is 12.3 Å². The first-order valence-electron chi connectivity index (χ1n) is 11.2. The van der Waals surface area contributed by atoms with Gasteiger partial charge in [-0.2, -0.15) is 21.7 Å². The molecular weight excluding hydrogens is 412 g/mol. The standard InChI is InChI=1S/C20H34N10S/c1-31-12-2-9-30-15-17(27-28-30)14-23-20-25-18(24-16-3-5-21-6-4-16)13-19(26-20)29-10-7-22-8-11-29/h13,15-16,21-22H,2-12,14H2,1H3,(H2,23,24,25,26). The minimum absolute atomic E-state index is 0.445. The Morgan fingerprint density at radius 1 is 1.13 bits per heavy atom. The topological polar surface area (TPSA) is 108 Å². The van der Waals surface area contributed by atoms with Gasteiger partial charge in [-0.15, -0.1) is 5.10 Å². The maximum atomic E-state index is 4.80. The summed E-state index contributed by atoms with van der Waals surface area (Å²) in [6, 6.07) is 2.53. The predicted molar refractivity (Wildman–Crippen MR) is 127 cm³/mol. The molecule has 4 heterocycles. The van der Waals surface area contributed by atoms with Crippen molar-refractivity contribution in [3.63, 3.8) is 0 Å². The summed E-state index contributed by atoms with van der Waals surface area (Å²) in [6.07, 6.45) is 7.44. The maximum absolute atomic E-state index is 4.80. The Hall–Kier alpha value is -2.11. The molecule has 0 spiro atoms. The van der Waals surface area contributed by atoms with Gasteiger partial charge < -0.3 is 26.2 Å². The van der Waals surface area contributed by atoms with Crippen LogP contribution in [0.3, 0.4) is 0 Å². The van der Waals surface area contributed by atoms with Crippen LogP contribution in [0.1, 0.15) is 25.0 Å². The molecule has 0 bridgehead atoms. The molecule has 2 aromatic rings. The summed E-state index contributed by atoms with van der Waals surface area (Å²) in [5.41, 5.74) is 0.896. The lowest BCUT2D eigenvalue weighted by molar-refractivity contribution is 0.478. The number of aromatic nitrogens is 5. The molecule has 2 saturated heterocycles. The van der Waals surface area contributed by atoms with Crippen molar-refractivity contribution in [2.45, 2.75) is 38.4 Å². The van der Waals surface area contributed by atoms with Crippen LogP contribution >= 0.6 is 11.8 Å². The Morgan fingerprint density at radius 2 is 1.94 bits per heavy atom. The molecule has 0 radical (unpaired) electrons. The van der Waals surface area contributed by atoms with Crippen LogP contribution < -0.4 is 26.2 Å². The highest BCUT2D eigenvalue weighted by Crippen LogP contribution is 2.21. The molecule has 0 amide bonds. The lowest BCUT2D eigenvalue weighted by Gasteiger charge is -2.29. The predicted octanol–water partition coefficient (Wildman–Crippen LogP) is 1.01. The van der Waals surface area contributed by atoms with Crippen molar-refractivity contribution in [3.8, 4) is 0 Å². The monoisotopic (exact) mass is 446 g/mol. The number of thioether (sulfide) groups is 1. The zero-order chi connectivity index (χ0) is 21.3. The molecule has 0 aliphatic carbocycles. The molecule has 170 valence electrons. The normalized spacial score (nSPS) is 17.6. The summed E-state index contributed by atoms with van der Waals surface area (Å²) in [7, 11) is 0. The van der Waals surface area contributed by atoms with E-state index in [1.165, 1.54) is 0 Å². The average Bonchev–Trinajstić information content (AvgIpc) is 3.27. The molecule has 0 atom stereocenters. The van der Waals surface area contributed by atoms with Gasteiger partial charge in [0.05, 0.1) is 12.7 Å². The Kier molecular flexibility index (Phi) is 8.19. The van der Waals surface area contributed by atoms with Gasteiger partial charge in [-0.1, -0.05) is 5.21 Å². The van der Waals surface area contributed by atoms with Crippen molar-refractivity contribution < 1.29 is 0 Å². The Bertz CT molecular complexity index is 801. The molecule has 2 fully saturated rings. The van der Waals surface area contributed by atoms with Gasteiger partial charge in [0.25, 0.3) is 0 Å². The van der Waals surface area contributed by atoms with Crippen molar-refractivity contribution in [2.24, 2.45) is 0 Å². The molecule has 2 aromatic heterocycles. The highest BCUT2D eigenvalue weighted by molar-refractivity contribution is 7.98. The number of rotatable bonds is 10. The van der Waals surface area contributed by atoms with Crippen LogP contribution in [-0.4, -0.2) is 82.3 Å². The van der Waals surface area contributed by atoms with Gasteiger partial charge in [-0.05, 0) is 44.4 Å². The van der Waals surface area contributed by atoms with Crippen molar-refractivity contribution >= 4 is 29.3 Å². The molecule has 31 heavy (non-hydrogen) atoms. The summed E-state index contributed by atoms with van der Waals surface area (Å²) in [5.74, 6) is 3.62. The first-order valence-corrected chi connectivity index (χ1v) is 12.6. The number of nitrogens with one attached hydrogen (secondary N) is 4. The number of piperazine rings is 1. The van der Waals surface area contributed by atoms with Gasteiger partial charge in [0.2, 0.25) is 5.95 Å². The van der Waals surface area contributed by atoms with E-state index in [0.717, 1.165) is 88.2 Å². The third-order valence-electron chi connectivity index (χ3n) is 5.59. The van der Waals surface area contributed by atoms with E-state index in [2.05, 4.69) is 48.8 Å². The van der Waals surface area contributed by atoms with Crippen LogP contribution in [0.4, 0.5) is 17.6 Å². The molecule has 10 nitrogen and oxygen atoms in total. The minimum atomic E-state index is 0.445. The summed E-state index contributed by atoms with van der Waals surface area (Å²) in [4.78, 5) is 11.9. The molecule has 4 N–H and O–H groups in total. The van der Waals surface area contributed by atoms with E-state index in [-0.39, 0.29) is 0 Å². The molecule has 2 aliphatic rings. The van der Waals surface area contributed by atoms with Crippen molar-refractivity contribution in [2.75, 3.05) is 66.8 Å². The highest BCUT2D eigenvalue weighted by Gasteiger charge is 2.18. The fourth-order valence-corrected chi connectivity index (χ4v) is 4.31. The van der Waals surface area contributed by atoms with Gasteiger partial charge in [0.1, 0.15) is 17.3 Å². The van der Waals surface area contributed by atoms with Crippen molar-refractivity contribution in [1.82, 2.24) is 35.6 Å². The zero-order valence-corrected chi connectivity index (χ0v) is 19.1. The number of nitrogens with zero attached hydrogens (tertiary/aromatic N) is 6. The van der Waals surface area contributed by atoms with Crippen LogP contribution in [0.25, 0.3) is 0 Å². The average molecular weight is 447 g/mol. The number of hydrogen-bond donors (Lipinski definition) is 4. The molecular formula is C20H34N10S. The van der Waals surface area contributed by atoms with Crippen LogP contribution in [-0.2, 0) is 13.1 Å². The maximum Gasteiger partial charge on any atom is 0.226 e. The number of hydrogen-bond acceptors (Lipinski definition) is 10. The van der Waals surface area contributed by atoms with Gasteiger partial charge >= 0.3 is 0 Å². The SMILES string of the molecule is CSCCCn1cc(CNc2nc(NC3CCNCC3)cc(N3CCNCC3)n2)nn1. The summed E-state index contributed by atoms with van der Waals surface area (Å²) in [6.45, 7) is 7.40. The van der Waals surface area contributed by atoms with E-state index in [1.54, 1.807) is 0 Å². The van der Waals surface area contributed by atoms with Gasteiger partial charge in [-0.25, -0.2) is 0 Å². The van der Waals surface area contributed by atoms with E-state index in [4.69, 9.17) is 9.97 Å². The second-order valence-corrected chi connectivity index (χ2v) is 9.00. The first-order chi connectivity index (χ1) is 15.3. The fourth-order valence-electron chi connectivity index (χ4n) is 3.89. The second-order valence-electron chi connectivity index (χ2n) is 8.01. The van der Waals surface area contributed by atoms with E-state index in [9.17, 15) is 0 Å². The number of piperidine rings is 1. The Labute approximate surface area is 188 Å². The Balaban J connectivity index is 1.42. The van der Waals surface area contributed by atoms with E-state index >= 15 is 0 Å². The highest BCUT2D eigenvalue weighted by atomic mass is 32.2. The summed E-state index contributed by atoms with van der Waals surface area (Å²) < 4.78 is 1.91. The largest absolute Gasteiger partial charge is 0.367 e. The molecule has 4 rings (SSSR count). The van der Waals surface area contributed by atoms with E-state index in [0.29, 0.717) is 18.5 Å². The van der Waals surface area contributed by atoms with Gasteiger partial charge in [-0.3, -0.25) is 4.68 Å². The van der Waals surface area contributed by atoms with Crippen molar-refractivity contribution in [1.29, 1.82) is 0 Å². The molecule has 0 aromatic carbocycles. The van der Waals surface area contributed by atoms with E-state index in [1.807, 2.05) is 22.6 Å². The van der Waals surface area contributed by atoms with Crippen LogP contribution in [0.5, 0.6) is 0 Å². The van der Waals surface area contributed by atoms with Gasteiger partial charge in [0.15, 0.2) is 0 Å². The zero-order valence-electron chi connectivity index (χ0n) is 18.3. The summed E-state index contributed by atoms with van der Waals surface area (Å²) >= 11 is 1.85. The molecule has 0 saturated carbocycles. The van der Waals surface area contributed by atoms with Crippen LogP contribution in [0.2, 0.25) is 0 Å². The third kappa shape index (κ3) is 6.68. The number of aryl methyl sites for hydroxylation is 1. The molecule has 2 aliphatic heterocycles. The van der Waals surface area contributed by atoms with Crippen molar-refractivity contribution in [3.05, 3.63) is 18.0 Å². The first kappa shape index (κ1) is 22.1. The quantitative estimate of drug-likeness (QED) is 0.395. The third-order valence-corrected chi connectivity index (χ3v) is 6.29. The molecule has 0 unspecified atom stereocenters.